The first kappa shape index (κ1) is 26.4. The molecule has 0 bridgehead atoms. The highest BCUT2D eigenvalue weighted by molar-refractivity contribution is 6.30. The quantitative estimate of drug-likeness (QED) is 0.307. The molecule has 1 aliphatic heterocycles. The molecular weight excluding hydrogens is 484 g/mol. The molecule has 0 saturated carbocycles. The van der Waals surface area contributed by atoms with Gasteiger partial charge in [0.15, 0.2) is 11.4 Å². The predicted molar refractivity (Wildman–Crippen MR) is 126 cm³/mol. The van der Waals surface area contributed by atoms with Gasteiger partial charge in [0.25, 0.3) is 11.8 Å². The van der Waals surface area contributed by atoms with Crippen LogP contribution in [0.4, 0.5) is 8.78 Å². The van der Waals surface area contributed by atoms with Crippen LogP contribution in [-0.4, -0.2) is 51.7 Å². The molecule has 1 aliphatic rings. The van der Waals surface area contributed by atoms with Gasteiger partial charge in [0.2, 0.25) is 5.43 Å². The van der Waals surface area contributed by atoms with Crippen molar-refractivity contribution < 1.29 is 28.2 Å². The van der Waals surface area contributed by atoms with Gasteiger partial charge in [-0.25, -0.2) is 8.78 Å². The minimum Gasteiger partial charge on any atom is -0.503 e. The second-order valence-corrected chi connectivity index (χ2v) is 8.56. The maximum atomic E-state index is 14.1. The van der Waals surface area contributed by atoms with Crippen LogP contribution in [0.1, 0.15) is 46.7 Å². The van der Waals surface area contributed by atoms with Gasteiger partial charge in [0.05, 0.1) is 18.7 Å². The third kappa shape index (κ3) is 5.23. The van der Waals surface area contributed by atoms with Gasteiger partial charge in [-0.05, 0) is 19.4 Å². The van der Waals surface area contributed by atoms with Crippen molar-refractivity contribution in [3.8, 4) is 5.75 Å². The van der Waals surface area contributed by atoms with Crippen molar-refractivity contribution in [1.82, 2.24) is 14.8 Å². The first-order chi connectivity index (χ1) is 16.6. The molecule has 2 aromatic rings. The number of halogens is 3. The van der Waals surface area contributed by atoms with Crippen LogP contribution in [-0.2, 0) is 17.8 Å². The van der Waals surface area contributed by atoms with E-state index in [1.807, 2.05) is 6.92 Å². The molecule has 0 saturated heterocycles. The number of carbonyl (C=O) groups excluding carboxylic acids is 2. The molecule has 2 N–H and O–H groups in total. The van der Waals surface area contributed by atoms with Gasteiger partial charge in [-0.15, -0.1) is 6.58 Å². The summed E-state index contributed by atoms with van der Waals surface area (Å²) in [7, 11) is 0. The number of amides is 2. The Bertz CT molecular complexity index is 1220. The Morgan fingerprint density at radius 3 is 2.77 bits per heavy atom. The Hall–Kier alpha value is -3.24. The second kappa shape index (κ2) is 11.0. The maximum Gasteiger partial charge on any atom is 0.275 e. The smallest absolute Gasteiger partial charge is 0.275 e. The number of fused-ring (bicyclic) bond motifs is 1. The van der Waals surface area contributed by atoms with Gasteiger partial charge in [0, 0.05) is 31.5 Å². The van der Waals surface area contributed by atoms with Crippen molar-refractivity contribution >= 4 is 23.4 Å². The van der Waals surface area contributed by atoms with Gasteiger partial charge in [-0.3, -0.25) is 14.4 Å². The Kier molecular flexibility index (Phi) is 8.29. The van der Waals surface area contributed by atoms with E-state index >= 15 is 0 Å². The Balaban J connectivity index is 1.88. The molecule has 2 atom stereocenters. The van der Waals surface area contributed by atoms with Crippen LogP contribution in [0.25, 0.3) is 0 Å². The third-order valence-corrected chi connectivity index (χ3v) is 6.03. The molecule has 35 heavy (non-hydrogen) atoms. The fourth-order valence-electron chi connectivity index (χ4n) is 3.91. The number of aromatic hydroxyl groups is 1. The van der Waals surface area contributed by atoms with Gasteiger partial charge in [0.1, 0.15) is 22.2 Å². The number of nitrogens with one attached hydrogen (secondary N) is 1. The molecule has 0 aliphatic carbocycles. The van der Waals surface area contributed by atoms with Crippen molar-refractivity contribution in [1.29, 1.82) is 0 Å². The zero-order chi connectivity index (χ0) is 25.9. The van der Waals surface area contributed by atoms with Gasteiger partial charge < -0.3 is 24.6 Å². The molecule has 2 amide bonds. The first-order valence-electron chi connectivity index (χ1n) is 11.0. The normalized spacial score (nSPS) is 16.1. The van der Waals surface area contributed by atoms with Crippen molar-refractivity contribution in [2.45, 2.75) is 45.4 Å². The van der Waals surface area contributed by atoms with Crippen molar-refractivity contribution in [2.24, 2.45) is 0 Å². The van der Waals surface area contributed by atoms with Crippen LogP contribution in [0.5, 0.6) is 5.75 Å². The van der Waals surface area contributed by atoms with Crippen LogP contribution in [0, 0.1) is 11.6 Å². The van der Waals surface area contributed by atoms with Crippen molar-refractivity contribution in [3.63, 3.8) is 0 Å². The first-order valence-corrected chi connectivity index (χ1v) is 11.4. The van der Waals surface area contributed by atoms with Crippen LogP contribution in [0.3, 0.4) is 0 Å². The van der Waals surface area contributed by atoms with Gasteiger partial charge in [-0.2, -0.15) is 0 Å². The predicted octanol–water partition coefficient (Wildman–Crippen LogP) is 3.24. The van der Waals surface area contributed by atoms with E-state index in [1.54, 1.807) is 13.0 Å². The molecule has 1 aromatic heterocycles. The summed E-state index contributed by atoms with van der Waals surface area (Å²) in [5, 5.41) is 12.2. The highest BCUT2D eigenvalue weighted by Gasteiger charge is 2.37. The van der Waals surface area contributed by atoms with E-state index in [2.05, 4.69) is 11.9 Å². The lowest BCUT2D eigenvalue weighted by atomic mass is 10.0. The molecule has 11 heteroatoms. The van der Waals surface area contributed by atoms with E-state index in [0.717, 1.165) is 18.6 Å². The van der Waals surface area contributed by atoms with E-state index in [4.69, 9.17) is 16.3 Å². The number of pyridine rings is 1. The third-order valence-electron chi connectivity index (χ3n) is 5.69. The Labute approximate surface area is 205 Å². The number of ether oxygens (including phenoxy) is 1. The minimum atomic E-state index is -1.05. The van der Waals surface area contributed by atoms with E-state index in [9.17, 15) is 28.3 Å². The zero-order valence-electron chi connectivity index (χ0n) is 19.3. The summed E-state index contributed by atoms with van der Waals surface area (Å²) < 4.78 is 34.3. The average molecular weight is 510 g/mol. The molecule has 0 radical (unpaired) electrons. The van der Waals surface area contributed by atoms with Crippen LogP contribution in [0.2, 0.25) is 5.02 Å². The van der Waals surface area contributed by atoms with Crippen LogP contribution >= 0.6 is 11.6 Å². The lowest BCUT2D eigenvalue weighted by Crippen LogP contribution is -2.53. The SMILES string of the molecule is C=CC1Cn2cc(C(=O)NCc3ccc(F)c(Cl)c3F)c(=O)c(O)c2C(=O)N1[C@H](C)COCCC. The number of benzene rings is 1. The Morgan fingerprint density at radius 2 is 2.11 bits per heavy atom. The summed E-state index contributed by atoms with van der Waals surface area (Å²) in [4.78, 5) is 40.2. The lowest BCUT2D eigenvalue weighted by Gasteiger charge is -2.40. The van der Waals surface area contributed by atoms with Crippen LogP contribution in [0.15, 0.2) is 35.8 Å². The summed E-state index contributed by atoms with van der Waals surface area (Å²) in [6.45, 7) is 8.07. The fraction of sp³-hybridized carbons (Fsp3) is 0.375. The van der Waals surface area contributed by atoms with E-state index < -0.39 is 51.3 Å². The highest BCUT2D eigenvalue weighted by atomic mass is 35.5. The molecular formula is C24H26ClF2N3O5. The largest absolute Gasteiger partial charge is 0.503 e. The number of hydrogen-bond donors (Lipinski definition) is 2. The molecule has 8 nitrogen and oxygen atoms in total. The summed E-state index contributed by atoms with van der Waals surface area (Å²) in [6, 6.07) is 1.22. The zero-order valence-corrected chi connectivity index (χ0v) is 20.1. The summed E-state index contributed by atoms with van der Waals surface area (Å²) in [5.41, 5.74) is -1.83. The molecule has 0 fully saturated rings. The van der Waals surface area contributed by atoms with E-state index in [0.29, 0.717) is 6.61 Å². The average Bonchev–Trinajstić information content (AvgIpc) is 2.83. The molecule has 2 heterocycles. The van der Waals surface area contributed by atoms with Crippen molar-refractivity contribution in [3.05, 3.63) is 74.7 Å². The minimum absolute atomic E-state index is 0.0937. The monoisotopic (exact) mass is 509 g/mol. The highest BCUT2D eigenvalue weighted by Crippen LogP contribution is 2.26. The second-order valence-electron chi connectivity index (χ2n) is 8.18. The fourth-order valence-corrected chi connectivity index (χ4v) is 4.09. The summed E-state index contributed by atoms with van der Waals surface area (Å²) >= 11 is 5.55. The summed E-state index contributed by atoms with van der Waals surface area (Å²) in [6.07, 6.45) is 3.55. The molecule has 188 valence electrons. The standard InChI is InChI=1S/C24H26ClF2N3O5/c1-4-8-35-12-13(3)30-15(5-2)10-29-11-16(21(31)22(32)20(29)24(30)34)23(33)28-9-14-6-7-17(26)18(25)19(14)27/h5-7,11,13,15,32H,2,4,8-10,12H2,1,3H3,(H,28,33)/t13-,15?/m1/s1. The maximum absolute atomic E-state index is 14.1. The van der Waals surface area contributed by atoms with Gasteiger partial charge >= 0.3 is 0 Å². The molecule has 3 rings (SSSR count). The number of aromatic nitrogens is 1. The van der Waals surface area contributed by atoms with E-state index in [1.165, 1.54) is 15.7 Å². The number of carbonyl (C=O) groups is 2. The van der Waals surface area contributed by atoms with Crippen LogP contribution < -0.4 is 10.7 Å². The molecule has 0 spiro atoms. The summed E-state index contributed by atoms with van der Waals surface area (Å²) in [5.74, 6) is -4.36. The number of rotatable bonds is 9. The van der Waals surface area contributed by atoms with E-state index in [-0.39, 0.29) is 37.0 Å². The van der Waals surface area contributed by atoms with Crippen molar-refractivity contribution in [2.75, 3.05) is 13.2 Å². The Morgan fingerprint density at radius 1 is 1.40 bits per heavy atom. The lowest BCUT2D eigenvalue weighted by molar-refractivity contribution is 0.0310. The van der Waals surface area contributed by atoms with Gasteiger partial charge in [-0.1, -0.05) is 30.7 Å². The number of nitrogens with zero attached hydrogens (tertiary/aromatic N) is 2. The topological polar surface area (TPSA) is 101 Å². The molecule has 1 aromatic carbocycles. The number of hydrogen-bond acceptors (Lipinski definition) is 5. The molecule has 1 unspecified atom stereocenters.